The van der Waals surface area contributed by atoms with E-state index in [1.807, 2.05) is 25.1 Å². The zero-order valence-corrected chi connectivity index (χ0v) is 13.2. The van der Waals surface area contributed by atoms with Crippen molar-refractivity contribution in [3.05, 3.63) is 35.9 Å². The topological polar surface area (TPSA) is 61.8 Å². The average molecular weight is 304 g/mol. The summed E-state index contributed by atoms with van der Waals surface area (Å²) in [4.78, 5) is 13.9. The van der Waals surface area contributed by atoms with E-state index < -0.39 is 6.10 Å². The van der Waals surface area contributed by atoms with Crippen molar-refractivity contribution in [2.24, 2.45) is 0 Å². The third kappa shape index (κ3) is 5.16. The van der Waals surface area contributed by atoms with E-state index in [9.17, 15) is 9.90 Å². The fourth-order valence-electron chi connectivity index (χ4n) is 2.39. The molecule has 2 rings (SSSR count). The van der Waals surface area contributed by atoms with Gasteiger partial charge in [-0.2, -0.15) is 0 Å². The molecule has 0 bridgehead atoms. The Labute approximate surface area is 131 Å². The van der Waals surface area contributed by atoms with Gasteiger partial charge in [0.2, 0.25) is 0 Å². The van der Waals surface area contributed by atoms with E-state index in [1.54, 1.807) is 24.3 Å². The number of aliphatic hydroxyl groups is 1. The number of benzene rings is 1. The number of rotatable bonds is 7. The maximum atomic E-state index is 12.0. The van der Waals surface area contributed by atoms with Crippen molar-refractivity contribution in [1.82, 2.24) is 4.90 Å². The van der Waals surface area contributed by atoms with Gasteiger partial charge in [-0.15, -0.1) is 0 Å². The first kappa shape index (κ1) is 16.5. The van der Waals surface area contributed by atoms with Crippen molar-refractivity contribution >= 4 is 11.6 Å². The molecular formula is C17H24N2O3. The molecule has 0 aromatic heterocycles. The van der Waals surface area contributed by atoms with Crippen LogP contribution in [0.2, 0.25) is 0 Å². The standard InChI is InChI=1S/C17H24N2O3/c1-19(2)11-15(20)12-22-16-9-7-14(8-10-16)18-17(21)13-5-3-4-6-13/h5,7-10,15,20H,3-4,6,11-12H2,1-2H3,(H,18,21). The first-order chi connectivity index (χ1) is 10.5. The van der Waals surface area contributed by atoms with Gasteiger partial charge in [0.1, 0.15) is 18.5 Å². The highest BCUT2D eigenvalue weighted by Crippen LogP contribution is 2.21. The van der Waals surface area contributed by atoms with Gasteiger partial charge in [0.15, 0.2) is 0 Å². The van der Waals surface area contributed by atoms with E-state index in [2.05, 4.69) is 5.32 Å². The van der Waals surface area contributed by atoms with Crippen molar-refractivity contribution in [2.75, 3.05) is 32.6 Å². The van der Waals surface area contributed by atoms with Gasteiger partial charge in [-0.3, -0.25) is 4.79 Å². The fourth-order valence-corrected chi connectivity index (χ4v) is 2.39. The molecule has 120 valence electrons. The van der Waals surface area contributed by atoms with E-state index in [1.165, 1.54) is 0 Å². The molecule has 0 radical (unpaired) electrons. The fraction of sp³-hybridized carbons (Fsp3) is 0.471. The van der Waals surface area contributed by atoms with Crippen LogP contribution in [0.4, 0.5) is 5.69 Å². The van der Waals surface area contributed by atoms with E-state index in [0.29, 0.717) is 12.3 Å². The summed E-state index contributed by atoms with van der Waals surface area (Å²) in [6.07, 6.45) is 4.38. The first-order valence-corrected chi connectivity index (χ1v) is 7.60. The van der Waals surface area contributed by atoms with Crippen molar-refractivity contribution < 1.29 is 14.6 Å². The smallest absolute Gasteiger partial charge is 0.251 e. The van der Waals surface area contributed by atoms with Crippen molar-refractivity contribution in [3.8, 4) is 5.75 Å². The maximum absolute atomic E-state index is 12.0. The number of carbonyl (C=O) groups excluding carboxylic acids is 1. The summed E-state index contributed by atoms with van der Waals surface area (Å²) in [5, 5.41) is 12.6. The van der Waals surface area contributed by atoms with Gasteiger partial charge in [-0.05, 0) is 57.6 Å². The third-order valence-electron chi connectivity index (χ3n) is 3.46. The average Bonchev–Trinajstić information content (AvgIpc) is 3.00. The summed E-state index contributed by atoms with van der Waals surface area (Å²) in [5.74, 6) is 0.656. The Kier molecular flexibility index (Phi) is 5.98. The van der Waals surface area contributed by atoms with Crippen LogP contribution in [0.25, 0.3) is 0 Å². The monoisotopic (exact) mass is 304 g/mol. The second-order valence-corrected chi connectivity index (χ2v) is 5.83. The molecule has 1 aliphatic rings. The SMILES string of the molecule is CN(C)CC(O)COc1ccc(NC(=O)C2=CCCC2)cc1. The van der Waals surface area contributed by atoms with Crippen LogP contribution in [-0.4, -0.2) is 49.3 Å². The van der Waals surface area contributed by atoms with Crippen LogP contribution in [0.1, 0.15) is 19.3 Å². The summed E-state index contributed by atoms with van der Waals surface area (Å²) in [7, 11) is 3.81. The van der Waals surface area contributed by atoms with Crippen LogP contribution < -0.4 is 10.1 Å². The molecule has 0 fully saturated rings. The Hall–Kier alpha value is -1.85. The van der Waals surface area contributed by atoms with Gasteiger partial charge in [0.25, 0.3) is 5.91 Å². The van der Waals surface area contributed by atoms with Crippen LogP contribution >= 0.6 is 0 Å². The van der Waals surface area contributed by atoms with E-state index in [4.69, 9.17) is 4.74 Å². The van der Waals surface area contributed by atoms with Crippen molar-refractivity contribution in [2.45, 2.75) is 25.4 Å². The van der Waals surface area contributed by atoms with Crippen LogP contribution in [0.5, 0.6) is 5.75 Å². The second-order valence-electron chi connectivity index (χ2n) is 5.83. The van der Waals surface area contributed by atoms with Gasteiger partial charge in [0.05, 0.1) is 0 Å². The molecule has 0 aliphatic heterocycles. The largest absolute Gasteiger partial charge is 0.491 e. The molecule has 0 spiro atoms. The molecule has 22 heavy (non-hydrogen) atoms. The number of nitrogens with zero attached hydrogens (tertiary/aromatic N) is 1. The molecule has 0 saturated heterocycles. The van der Waals surface area contributed by atoms with Crippen LogP contribution in [0.15, 0.2) is 35.9 Å². The molecule has 5 nitrogen and oxygen atoms in total. The lowest BCUT2D eigenvalue weighted by molar-refractivity contribution is -0.112. The summed E-state index contributed by atoms with van der Waals surface area (Å²) >= 11 is 0. The summed E-state index contributed by atoms with van der Waals surface area (Å²) in [6.45, 7) is 0.806. The lowest BCUT2D eigenvalue weighted by atomic mass is 10.2. The summed E-state index contributed by atoms with van der Waals surface area (Å²) in [6, 6.07) is 7.20. The molecule has 1 atom stereocenters. The Balaban J connectivity index is 1.81. The second kappa shape index (κ2) is 7.96. The minimum absolute atomic E-state index is 0.0208. The first-order valence-electron chi connectivity index (χ1n) is 7.60. The number of ether oxygens (including phenoxy) is 1. The molecule has 1 unspecified atom stereocenters. The zero-order chi connectivity index (χ0) is 15.9. The molecule has 0 heterocycles. The van der Waals surface area contributed by atoms with Crippen molar-refractivity contribution in [1.29, 1.82) is 0 Å². The van der Waals surface area contributed by atoms with Gasteiger partial charge < -0.3 is 20.1 Å². The minimum atomic E-state index is -0.524. The number of carbonyl (C=O) groups is 1. The van der Waals surface area contributed by atoms with E-state index in [0.717, 1.165) is 30.5 Å². The minimum Gasteiger partial charge on any atom is -0.491 e. The lowest BCUT2D eigenvalue weighted by Crippen LogP contribution is -2.30. The molecule has 0 saturated carbocycles. The van der Waals surface area contributed by atoms with E-state index >= 15 is 0 Å². The number of anilines is 1. The highest BCUT2D eigenvalue weighted by molar-refractivity contribution is 6.03. The third-order valence-corrected chi connectivity index (χ3v) is 3.46. The number of nitrogens with one attached hydrogen (secondary N) is 1. The molecule has 2 N–H and O–H groups in total. The van der Waals surface area contributed by atoms with Crippen LogP contribution in [0, 0.1) is 0 Å². The predicted octanol–water partition coefficient (Wildman–Crippen LogP) is 2.04. The maximum Gasteiger partial charge on any atom is 0.251 e. The molecule has 1 amide bonds. The molecule has 5 heteroatoms. The lowest BCUT2D eigenvalue weighted by Gasteiger charge is -2.16. The Morgan fingerprint density at radius 1 is 1.36 bits per heavy atom. The Morgan fingerprint density at radius 3 is 2.68 bits per heavy atom. The molecular weight excluding hydrogens is 280 g/mol. The molecule has 1 aromatic carbocycles. The Bertz CT molecular complexity index is 523. The van der Waals surface area contributed by atoms with E-state index in [-0.39, 0.29) is 12.5 Å². The number of hydrogen-bond donors (Lipinski definition) is 2. The van der Waals surface area contributed by atoms with Gasteiger partial charge in [0, 0.05) is 17.8 Å². The highest BCUT2D eigenvalue weighted by atomic mass is 16.5. The quantitative estimate of drug-likeness (QED) is 0.809. The van der Waals surface area contributed by atoms with Crippen LogP contribution in [-0.2, 0) is 4.79 Å². The summed E-state index contributed by atoms with van der Waals surface area (Å²) < 4.78 is 5.53. The highest BCUT2D eigenvalue weighted by Gasteiger charge is 2.13. The van der Waals surface area contributed by atoms with Crippen LogP contribution in [0.3, 0.4) is 0 Å². The number of likely N-dealkylation sites (N-methyl/N-ethyl adjacent to an activating group) is 1. The van der Waals surface area contributed by atoms with Gasteiger partial charge in [-0.1, -0.05) is 6.08 Å². The molecule has 1 aromatic rings. The normalized spacial score (nSPS) is 15.5. The molecule has 1 aliphatic carbocycles. The van der Waals surface area contributed by atoms with Gasteiger partial charge in [-0.25, -0.2) is 0 Å². The summed E-state index contributed by atoms with van der Waals surface area (Å²) in [5.41, 5.74) is 1.62. The Morgan fingerprint density at radius 2 is 2.09 bits per heavy atom. The van der Waals surface area contributed by atoms with Crippen molar-refractivity contribution in [3.63, 3.8) is 0 Å². The zero-order valence-electron chi connectivity index (χ0n) is 13.2. The number of hydrogen-bond acceptors (Lipinski definition) is 4. The number of allylic oxidation sites excluding steroid dienone is 1. The number of aliphatic hydroxyl groups excluding tert-OH is 1. The number of amides is 1. The predicted molar refractivity (Wildman–Crippen MR) is 87.1 cm³/mol. The van der Waals surface area contributed by atoms with Gasteiger partial charge >= 0.3 is 0 Å².